The third-order valence-electron chi connectivity index (χ3n) is 12.6. The Kier molecular flexibility index (Phi) is 8.62. The molecule has 2 aromatic heterocycles. The van der Waals surface area contributed by atoms with Gasteiger partial charge in [0, 0.05) is 36.9 Å². The molecule has 0 amide bonds. The average Bonchev–Trinajstić information content (AvgIpc) is 3.89. The van der Waals surface area contributed by atoms with Crippen molar-refractivity contribution in [2.75, 3.05) is 0 Å². The molecule has 0 fully saturated rings. The predicted octanol–water partition coefficient (Wildman–Crippen LogP) is 15.5. The van der Waals surface area contributed by atoms with Gasteiger partial charge >= 0.3 is 0 Å². The second-order valence-electron chi connectivity index (χ2n) is 16.0. The summed E-state index contributed by atoms with van der Waals surface area (Å²) >= 11 is 1.86. The molecule has 0 N–H and O–H groups in total. The Balaban J connectivity index is 0.950. The fraction of sp³-hybridized carbons (Fsp3) is 0.0169. The average molecular weight is 807 g/mol. The molecule has 0 bridgehead atoms. The zero-order chi connectivity index (χ0) is 41.0. The van der Waals surface area contributed by atoms with Gasteiger partial charge in [-0.3, -0.25) is 0 Å². The van der Waals surface area contributed by atoms with Crippen LogP contribution in [0.1, 0.15) is 22.3 Å². The van der Waals surface area contributed by atoms with E-state index in [0.717, 1.165) is 28.1 Å². The monoisotopic (exact) mass is 806 g/mol. The largest absolute Gasteiger partial charge is 0.228 e. The van der Waals surface area contributed by atoms with E-state index in [4.69, 9.17) is 9.97 Å². The van der Waals surface area contributed by atoms with Gasteiger partial charge in [-0.05, 0) is 67.8 Å². The molecule has 1 aliphatic carbocycles. The summed E-state index contributed by atoms with van der Waals surface area (Å²) in [4.78, 5) is 10.3. The molecule has 0 spiro atoms. The Morgan fingerprint density at radius 2 is 0.823 bits per heavy atom. The van der Waals surface area contributed by atoms with Crippen molar-refractivity contribution >= 4 is 31.5 Å². The summed E-state index contributed by atoms with van der Waals surface area (Å²) in [6.45, 7) is 0. The Morgan fingerprint density at radius 3 is 1.50 bits per heavy atom. The van der Waals surface area contributed by atoms with Crippen molar-refractivity contribution in [3.8, 4) is 67.3 Å². The molecule has 3 heteroatoms. The molecule has 290 valence electrons. The minimum atomic E-state index is -0.445. The normalized spacial score (nSPS) is 12.6. The first-order valence-electron chi connectivity index (χ1n) is 21.1. The number of hydrogen-bond donors (Lipinski definition) is 0. The van der Waals surface area contributed by atoms with Gasteiger partial charge in [-0.25, -0.2) is 9.97 Å². The second-order valence-corrected chi connectivity index (χ2v) is 17.1. The molecule has 62 heavy (non-hydrogen) atoms. The highest BCUT2D eigenvalue weighted by Crippen LogP contribution is 2.58. The van der Waals surface area contributed by atoms with E-state index < -0.39 is 5.41 Å². The molecule has 12 rings (SSSR count). The van der Waals surface area contributed by atoms with Gasteiger partial charge in [0.2, 0.25) is 0 Å². The van der Waals surface area contributed by atoms with Crippen LogP contribution in [0.4, 0.5) is 0 Å². The fourth-order valence-electron chi connectivity index (χ4n) is 9.81. The van der Waals surface area contributed by atoms with Crippen molar-refractivity contribution in [2.24, 2.45) is 0 Å². The van der Waals surface area contributed by atoms with Gasteiger partial charge in [-0.15, -0.1) is 11.3 Å². The molecule has 0 saturated heterocycles. The molecule has 2 heterocycles. The van der Waals surface area contributed by atoms with Gasteiger partial charge in [-0.2, -0.15) is 0 Å². The van der Waals surface area contributed by atoms with Crippen LogP contribution in [0.15, 0.2) is 231 Å². The van der Waals surface area contributed by atoms with E-state index in [1.807, 2.05) is 29.5 Å². The van der Waals surface area contributed by atoms with Gasteiger partial charge in [-0.1, -0.05) is 218 Å². The summed E-state index contributed by atoms with van der Waals surface area (Å²) in [6.07, 6.45) is 0. The van der Waals surface area contributed by atoms with Crippen LogP contribution in [-0.4, -0.2) is 9.97 Å². The minimum absolute atomic E-state index is 0.445. The first-order valence-corrected chi connectivity index (χ1v) is 22.0. The van der Waals surface area contributed by atoms with Crippen LogP contribution in [0.25, 0.3) is 87.5 Å². The molecular weight excluding hydrogens is 769 g/mol. The van der Waals surface area contributed by atoms with Gasteiger partial charge < -0.3 is 0 Å². The lowest BCUT2D eigenvalue weighted by Gasteiger charge is -2.34. The van der Waals surface area contributed by atoms with E-state index in [-0.39, 0.29) is 0 Å². The van der Waals surface area contributed by atoms with Gasteiger partial charge in [0.15, 0.2) is 5.82 Å². The van der Waals surface area contributed by atoms with Crippen LogP contribution in [-0.2, 0) is 5.41 Å². The maximum absolute atomic E-state index is 5.19. The highest BCUT2D eigenvalue weighted by atomic mass is 32.1. The van der Waals surface area contributed by atoms with E-state index in [1.165, 1.54) is 75.8 Å². The van der Waals surface area contributed by atoms with Crippen LogP contribution in [0.3, 0.4) is 0 Å². The van der Waals surface area contributed by atoms with Crippen LogP contribution < -0.4 is 0 Å². The Hall–Kier alpha value is -7.72. The third-order valence-corrected chi connectivity index (χ3v) is 13.8. The summed E-state index contributed by atoms with van der Waals surface area (Å²) in [5, 5.41) is 2.62. The summed E-state index contributed by atoms with van der Waals surface area (Å²) in [6, 6.07) is 83.3. The Bertz CT molecular complexity index is 3390. The Morgan fingerprint density at radius 1 is 0.339 bits per heavy atom. The zero-order valence-electron chi connectivity index (χ0n) is 33.7. The van der Waals surface area contributed by atoms with Crippen molar-refractivity contribution in [2.45, 2.75) is 5.41 Å². The van der Waals surface area contributed by atoms with Crippen LogP contribution in [0, 0.1) is 0 Å². The number of nitrogens with zero attached hydrogens (tertiary/aromatic N) is 2. The topological polar surface area (TPSA) is 25.8 Å². The first kappa shape index (κ1) is 36.2. The molecule has 0 aliphatic heterocycles. The van der Waals surface area contributed by atoms with Crippen molar-refractivity contribution in [3.63, 3.8) is 0 Å². The molecule has 2 nitrogen and oxygen atoms in total. The van der Waals surface area contributed by atoms with E-state index in [2.05, 4.69) is 212 Å². The van der Waals surface area contributed by atoms with Crippen LogP contribution in [0.2, 0.25) is 0 Å². The quantitative estimate of drug-likeness (QED) is 0.160. The number of hydrogen-bond acceptors (Lipinski definition) is 3. The van der Waals surface area contributed by atoms with Gasteiger partial charge in [0.25, 0.3) is 0 Å². The summed E-state index contributed by atoms with van der Waals surface area (Å²) < 4.78 is 2.63. The predicted molar refractivity (Wildman–Crippen MR) is 259 cm³/mol. The summed E-state index contributed by atoms with van der Waals surface area (Å²) in [7, 11) is 0. The first-order chi connectivity index (χ1) is 30.7. The molecule has 0 saturated carbocycles. The molecule has 1 aliphatic rings. The highest BCUT2D eigenvalue weighted by Gasteiger charge is 2.46. The molecule has 0 unspecified atom stereocenters. The zero-order valence-corrected chi connectivity index (χ0v) is 34.6. The van der Waals surface area contributed by atoms with E-state index >= 15 is 0 Å². The van der Waals surface area contributed by atoms with E-state index in [1.54, 1.807) is 0 Å². The number of rotatable bonds is 7. The van der Waals surface area contributed by atoms with E-state index in [0.29, 0.717) is 5.82 Å². The SMILES string of the molecule is c1ccc(-c2nc(-c3ccc(-c4cccc5c4-c4ccccc4C5(c4ccccc4)c4ccccc4)cc3)cc(-c3ccc(-c4cccc5c4sc4ccccc45)cc3)n2)cc1. The smallest absolute Gasteiger partial charge is 0.160 e. The summed E-state index contributed by atoms with van der Waals surface area (Å²) in [5.41, 5.74) is 16.9. The minimum Gasteiger partial charge on any atom is -0.228 e. The molecule has 0 radical (unpaired) electrons. The third kappa shape index (κ3) is 5.78. The molecule has 11 aromatic rings. The van der Waals surface area contributed by atoms with Crippen molar-refractivity contribution in [1.82, 2.24) is 9.97 Å². The number of thiophene rings is 1. The lowest BCUT2D eigenvalue weighted by atomic mass is 9.67. The van der Waals surface area contributed by atoms with Crippen molar-refractivity contribution in [3.05, 3.63) is 253 Å². The summed E-state index contributed by atoms with van der Waals surface area (Å²) in [5.74, 6) is 0.706. The van der Waals surface area contributed by atoms with Crippen molar-refractivity contribution < 1.29 is 0 Å². The second kappa shape index (κ2) is 14.8. The lowest BCUT2D eigenvalue weighted by molar-refractivity contribution is 0.768. The number of fused-ring (bicyclic) bond motifs is 6. The van der Waals surface area contributed by atoms with E-state index in [9.17, 15) is 0 Å². The highest BCUT2D eigenvalue weighted by molar-refractivity contribution is 7.26. The van der Waals surface area contributed by atoms with Crippen LogP contribution in [0.5, 0.6) is 0 Å². The maximum atomic E-state index is 5.19. The maximum Gasteiger partial charge on any atom is 0.160 e. The number of benzene rings is 9. The standard InChI is InChI=1S/C59H38N2S/c1-4-16-43(17-5-1)58-60-53(38-54(61-58)42-36-32-40(33-37-42)47-25-14-26-49-48-22-11-13-29-55(48)62-57(47)49)41-34-30-39(31-35-41)46-24-15-28-52-56(46)50-23-10-12-27-51(50)59(52,44-18-6-2-7-19-44)45-20-8-3-9-21-45/h1-38H. The molecule has 0 atom stereocenters. The van der Waals surface area contributed by atoms with Crippen molar-refractivity contribution in [1.29, 1.82) is 0 Å². The lowest BCUT2D eigenvalue weighted by Crippen LogP contribution is -2.28. The Labute approximate surface area is 365 Å². The molecule has 9 aromatic carbocycles. The number of aromatic nitrogens is 2. The van der Waals surface area contributed by atoms with Crippen LogP contribution >= 0.6 is 11.3 Å². The molecular formula is C59H38N2S. The van der Waals surface area contributed by atoms with Gasteiger partial charge in [0.1, 0.15) is 0 Å². The fourth-order valence-corrected chi connectivity index (χ4v) is 11.0. The van der Waals surface area contributed by atoms with Gasteiger partial charge in [0.05, 0.1) is 16.8 Å².